The lowest BCUT2D eigenvalue weighted by atomic mass is 9.82. The fraction of sp³-hybridized carbons (Fsp3) is 0.0435. The number of fused-ring (bicyclic) bond motifs is 1. The number of ketones is 1. The first kappa shape index (κ1) is 13.1. The van der Waals surface area contributed by atoms with Crippen molar-refractivity contribution >= 4 is 48.9 Å². The third-order valence-corrected chi connectivity index (χ3v) is 5.56. The summed E-state index contributed by atoms with van der Waals surface area (Å²) in [5.74, 6) is 0.149. The Morgan fingerprint density at radius 2 is 1.32 bits per heavy atom. The Morgan fingerprint density at radius 3 is 2.20 bits per heavy atom. The average Bonchev–Trinajstić information content (AvgIpc) is 2.82. The minimum Gasteiger partial charge on any atom is -0.294 e. The summed E-state index contributed by atoms with van der Waals surface area (Å²) in [6.45, 7) is 0. The highest BCUT2D eigenvalue weighted by Gasteiger charge is 2.24. The van der Waals surface area contributed by atoms with Gasteiger partial charge in [0, 0.05) is 28.1 Å². The lowest BCUT2D eigenvalue weighted by molar-refractivity contribution is 0.0994. The van der Waals surface area contributed by atoms with E-state index in [1.165, 1.54) is 0 Å². The van der Waals surface area contributed by atoms with Gasteiger partial charge < -0.3 is 0 Å². The number of carbonyl (C=O) groups excluding carboxylic acids is 1. The van der Waals surface area contributed by atoms with Crippen molar-refractivity contribution in [3.05, 3.63) is 82.0 Å². The number of rotatable bonds is 0. The molecule has 2 heteroatoms. The normalized spacial score (nSPS) is 13.7. The summed E-state index contributed by atoms with van der Waals surface area (Å²) in [4.78, 5) is 25.6. The number of hydrogen-bond donors (Lipinski definition) is 0. The van der Waals surface area contributed by atoms with Gasteiger partial charge in [-0.25, -0.2) is 0 Å². The van der Waals surface area contributed by atoms with Crippen LogP contribution < -0.4 is 5.43 Å². The fourth-order valence-corrected chi connectivity index (χ4v) is 4.57. The van der Waals surface area contributed by atoms with Gasteiger partial charge in [0.25, 0.3) is 0 Å². The second-order valence-corrected chi connectivity index (χ2v) is 6.82. The van der Waals surface area contributed by atoms with Crippen LogP contribution in [0.5, 0.6) is 0 Å². The largest absolute Gasteiger partial charge is 0.294 e. The predicted octanol–water partition coefficient (Wildman–Crippen LogP) is 4.84. The summed E-state index contributed by atoms with van der Waals surface area (Å²) in [6.07, 6.45) is 0.397. The Labute approximate surface area is 142 Å². The molecule has 0 atom stereocenters. The molecule has 1 aliphatic rings. The number of hydrogen-bond acceptors (Lipinski definition) is 2. The highest BCUT2D eigenvalue weighted by molar-refractivity contribution is 6.37. The quantitative estimate of drug-likeness (QED) is 0.302. The Hall–Kier alpha value is -3.26. The molecule has 25 heavy (non-hydrogen) atoms. The molecule has 0 aromatic heterocycles. The van der Waals surface area contributed by atoms with Crippen LogP contribution >= 0.6 is 0 Å². The van der Waals surface area contributed by atoms with Crippen LogP contribution in [0.4, 0.5) is 0 Å². The molecule has 1 aliphatic carbocycles. The van der Waals surface area contributed by atoms with E-state index < -0.39 is 0 Å². The predicted molar refractivity (Wildman–Crippen MR) is 102 cm³/mol. The molecule has 0 unspecified atom stereocenters. The summed E-state index contributed by atoms with van der Waals surface area (Å²) in [5.41, 5.74) is 1.84. The van der Waals surface area contributed by atoms with Crippen LogP contribution in [0, 0.1) is 0 Å². The molecule has 116 valence electrons. The summed E-state index contributed by atoms with van der Waals surface area (Å²) in [5, 5.41) is 7.95. The van der Waals surface area contributed by atoms with Crippen molar-refractivity contribution in [2.24, 2.45) is 0 Å². The third kappa shape index (κ3) is 1.46. The molecular formula is C23H12O2. The molecule has 0 radical (unpaired) electrons. The zero-order valence-corrected chi connectivity index (χ0v) is 13.3. The van der Waals surface area contributed by atoms with Gasteiger partial charge in [0.05, 0.1) is 0 Å². The lowest BCUT2D eigenvalue weighted by Crippen LogP contribution is -2.11. The van der Waals surface area contributed by atoms with Gasteiger partial charge in [-0.1, -0.05) is 54.6 Å². The van der Waals surface area contributed by atoms with E-state index in [1.54, 1.807) is 6.07 Å². The van der Waals surface area contributed by atoms with Gasteiger partial charge in [0.15, 0.2) is 11.2 Å². The molecule has 6 rings (SSSR count). The Kier molecular flexibility index (Phi) is 2.21. The summed E-state index contributed by atoms with van der Waals surface area (Å²) in [7, 11) is 0. The molecule has 0 N–H and O–H groups in total. The maximum Gasteiger partial charge on any atom is 0.187 e. The van der Waals surface area contributed by atoms with Gasteiger partial charge in [-0.2, -0.15) is 0 Å². The van der Waals surface area contributed by atoms with Crippen LogP contribution in [0.1, 0.15) is 15.9 Å². The van der Waals surface area contributed by atoms with Crippen LogP contribution in [0.2, 0.25) is 0 Å². The zero-order valence-electron chi connectivity index (χ0n) is 13.3. The molecule has 5 aromatic carbocycles. The molecule has 2 nitrogen and oxygen atoms in total. The summed E-state index contributed by atoms with van der Waals surface area (Å²) >= 11 is 0. The first-order chi connectivity index (χ1) is 12.2. The van der Waals surface area contributed by atoms with Crippen molar-refractivity contribution < 1.29 is 4.79 Å². The fourth-order valence-electron chi connectivity index (χ4n) is 4.57. The Morgan fingerprint density at radius 1 is 0.600 bits per heavy atom. The van der Waals surface area contributed by atoms with Gasteiger partial charge in [-0.05, 0) is 38.6 Å². The first-order valence-corrected chi connectivity index (χ1v) is 8.42. The molecule has 0 bridgehead atoms. The minimum absolute atomic E-state index is 0.0454. The maximum atomic E-state index is 12.8. The average molecular weight is 320 g/mol. The second-order valence-electron chi connectivity index (χ2n) is 6.82. The van der Waals surface area contributed by atoms with Gasteiger partial charge in [-0.15, -0.1) is 0 Å². The summed E-state index contributed by atoms with van der Waals surface area (Å²) < 4.78 is 0. The third-order valence-electron chi connectivity index (χ3n) is 5.56. The van der Waals surface area contributed by atoms with Crippen molar-refractivity contribution in [3.63, 3.8) is 0 Å². The Balaban J connectivity index is 2.20. The van der Waals surface area contributed by atoms with E-state index >= 15 is 0 Å². The van der Waals surface area contributed by atoms with Crippen LogP contribution in [0.15, 0.2) is 65.5 Å². The van der Waals surface area contributed by atoms with E-state index in [9.17, 15) is 9.59 Å². The zero-order chi connectivity index (χ0) is 16.7. The van der Waals surface area contributed by atoms with E-state index in [1.807, 2.05) is 42.5 Å². The standard InChI is InChI=1S/C23H12O2/c24-17-10-9-13-8-7-12-3-1-5-15-18(25)11-14-4-2-6-16-19(14)23(15)21(12)20(13)22(16)17/h1-10H,11H2. The van der Waals surface area contributed by atoms with E-state index in [0.717, 1.165) is 54.2 Å². The van der Waals surface area contributed by atoms with Crippen molar-refractivity contribution in [1.29, 1.82) is 0 Å². The maximum absolute atomic E-state index is 12.8. The van der Waals surface area contributed by atoms with E-state index in [2.05, 4.69) is 12.1 Å². The van der Waals surface area contributed by atoms with E-state index in [-0.39, 0.29) is 11.2 Å². The monoisotopic (exact) mass is 320 g/mol. The second kappa shape index (κ2) is 4.22. The molecule has 0 fully saturated rings. The molecule has 0 heterocycles. The lowest BCUT2D eigenvalue weighted by Gasteiger charge is -2.19. The smallest absolute Gasteiger partial charge is 0.187 e. The number of carbonyl (C=O) groups is 1. The van der Waals surface area contributed by atoms with Crippen molar-refractivity contribution in [2.75, 3.05) is 0 Å². The minimum atomic E-state index is 0.0454. The van der Waals surface area contributed by atoms with E-state index in [0.29, 0.717) is 6.42 Å². The van der Waals surface area contributed by atoms with Crippen LogP contribution in [-0.2, 0) is 6.42 Å². The molecule has 0 saturated heterocycles. The molecule has 0 aliphatic heterocycles. The topological polar surface area (TPSA) is 34.1 Å². The SMILES string of the molecule is O=C1Cc2cccc3c2c2c1cccc1ccc4ccc(=O)c3c4c12. The molecule has 0 amide bonds. The summed E-state index contributed by atoms with van der Waals surface area (Å²) in [6, 6.07) is 19.6. The van der Waals surface area contributed by atoms with Crippen LogP contribution in [0.3, 0.4) is 0 Å². The highest BCUT2D eigenvalue weighted by atomic mass is 16.1. The van der Waals surface area contributed by atoms with Gasteiger partial charge in [-0.3, -0.25) is 9.59 Å². The number of benzene rings is 4. The molecule has 5 aromatic rings. The van der Waals surface area contributed by atoms with Gasteiger partial charge in [0.2, 0.25) is 0 Å². The van der Waals surface area contributed by atoms with Crippen molar-refractivity contribution in [1.82, 2.24) is 0 Å². The number of Topliss-reactive ketones (excluding diaryl/α,β-unsaturated/α-hetero) is 1. The Bertz CT molecular complexity index is 1440. The van der Waals surface area contributed by atoms with Crippen molar-refractivity contribution in [2.45, 2.75) is 6.42 Å². The van der Waals surface area contributed by atoms with Crippen molar-refractivity contribution in [3.8, 4) is 0 Å². The van der Waals surface area contributed by atoms with E-state index in [4.69, 9.17) is 0 Å². The van der Waals surface area contributed by atoms with Crippen LogP contribution in [0.25, 0.3) is 43.1 Å². The van der Waals surface area contributed by atoms with Gasteiger partial charge in [0.1, 0.15) is 0 Å². The molecule has 0 saturated carbocycles. The first-order valence-electron chi connectivity index (χ1n) is 8.42. The highest BCUT2D eigenvalue weighted by Crippen LogP contribution is 2.43. The molecular weight excluding hydrogens is 308 g/mol. The molecule has 0 spiro atoms. The van der Waals surface area contributed by atoms with Crippen LogP contribution in [-0.4, -0.2) is 5.78 Å². The van der Waals surface area contributed by atoms with Gasteiger partial charge >= 0.3 is 0 Å².